The van der Waals surface area contributed by atoms with Crippen LogP contribution in [0.5, 0.6) is 0 Å². The fourth-order valence-corrected chi connectivity index (χ4v) is 3.53. The molecular formula is C22H38N2O8. The molecule has 0 aromatic rings. The van der Waals surface area contributed by atoms with Gasteiger partial charge in [-0.3, -0.25) is 9.59 Å². The van der Waals surface area contributed by atoms with Crippen LogP contribution in [0, 0.1) is 23.7 Å². The summed E-state index contributed by atoms with van der Waals surface area (Å²) in [5.74, 6) is -2.70. The molecule has 0 radical (unpaired) electrons. The predicted molar refractivity (Wildman–Crippen MR) is 116 cm³/mol. The van der Waals surface area contributed by atoms with Crippen molar-refractivity contribution in [3.05, 3.63) is 0 Å². The van der Waals surface area contributed by atoms with E-state index in [1.54, 1.807) is 41.5 Å². The molecule has 2 heterocycles. The molecule has 2 amide bonds. The van der Waals surface area contributed by atoms with Crippen LogP contribution in [0.4, 0.5) is 9.59 Å². The average Bonchev–Trinajstić information content (AvgIpc) is 3.15. The highest BCUT2D eigenvalue weighted by atomic mass is 16.6. The summed E-state index contributed by atoms with van der Waals surface area (Å²) in [6.07, 6.45) is -0.855. The second kappa shape index (κ2) is 10.4. The zero-order chi connectivity index (χ0) is 25.0. The van der Waals surface area contributed by atoms with Crippen LogP contribution in [-0.4, -0.2) is 81.5 Å². The molecule has 0 saturated carbocycles. The van der Waals surface area contributed by atoms with Crippen LogP contribution >= 0.6 is 0 Å². The Morgan fingerprint density at radius 1 is 0.656 bits per heavy atom. The lowest BCUT2D eigenvalue weighted by atomic mass is 9.99. The number of nitrogens with zero attached hydrogens (tertiary/aromatic N) is 2. The Bertz CT molecular complexity index is 650. The van der Waals surface area contributed by atoms with Crippen LogP contribution in [0.2, 0.25) is 0 Å². The molecule has 10 heteroatoms. The smallest absolute Gasteiger partial charge is 0.410 e. The van der Waals surface area contributed by atoms with Crippen molar-refractivity contribution in [2.45, 2.75) is 66.6 Å². The molecule has 2 fully saturated rings. The van der Waals surface area contributed by atoms with Gasteiger partial charge in [-0.15, -0.1) is 0 Å². The average molecular weight is 459 g/mol. The van der Waals surface area contributed by atoms with Gasteiger partial charge in [0.1, 0.15) is 11.2 Å². The first-order chi connectivity index (χ1) is 14.4. The van der Waals surface area contributed by atoms with Crippen molar-refractivity contribution in [3.8, 4) is 0 Å². The van der Waals surface area contributed by atoms with Crippen molar-refractivity contribution < 1.29 is 38.9 Å². The van der Waals surface area contributed by atoms with Crippen molar-refractivity contribution in [3.63, 3.8) is 0 Å². The molecule has 2 aliphatic heterocycles. The quantitative estimate of drug-likeness (QED) is 0.644. The predicted octanol–water partition coefficient (Wildman–Crippen LogP) is 3.15. The summed E-state index contributed by atoms with van der Waals surface area (Å²) >= 11 is 0. The van der Waals surface area contributed by atoms with Crippen LogP contribution in [0.1, 0.15) is 55.4 Å². The van der Waals surface area contributed by atoms with E-state index in [2.05, 4.69) is 0 Å². The molecule has 0 aromatic heterocycles. The maximum atomic E-state index is 11.7. The molecule has 0 unspecified atom stereocenters. The van der Waals surface area contributed by atoms with Gasteiger partial charge in [-0.2, -0.15) is 0 Å². The summed E-state index contributed by atoms with van der Waals surface area (Å²) < 4.78 is 10.4. The lowest BCUT2D eigenvalue weighted by Crippen LogP contribution is -2.35. The molecule has 10 nitrogen and oxygen atoms in total. The number of hydrogen-bond acceptors (Lipinski definition) is 6. The number of hydrogen-bond donors (Lipinski definition) is 2. The van der Waals surface area contributed by atoms with Crippen molar-refractivity contribution in [2.75, 3.05) is 26.2 Å². The Kier molecular flexibility index (Phi) is 8.94. The van der Waals surface area contributed by atoms with Gasteiger partial charge in [-0.1, -0.05) is 13.8 Å². The zero-order valence-electron chi connectivity index (χ0n) is 20.4. The molecule has 32 heavy (non-hydrogen) atoms. The van der Waals surface area contributed by atoms with Crippen LogP contribution in [-0.2, 0) is 19.1 Å². The highest BCUT2D eigenvalue weighted by Crippen LogP contribution is 2.25. The number of carboxylic acid groups (broad SMARTS) is 2. The summed E-state index contributed by atoms with van der Waals surface area (Å²) in [6.45, 7) is 15.8. The normalized spacial score (nSPS) is 25.6. The number of amides is 2. The summed E-state index contributed by atoms with van der Waals surface area (Å²) in [5, 5.41) is 17.9. The van der Waals surface area contributed by atoms with Crippen LogP contribution < -0.4 is 0 Å². The third kappa shape index (κ3) is 8.55. The van der Waals surface area contributed by atoms with Crippen molar-refractivity contribution in [2.24, 2.45) is 23.7 Å². The van der Waals surface area contributed by atoms with E-state index in [9.17, 15) is 19.2 Å². The Hall–Kier alpha value is -2.52. The first-order valence-electron chi connectivity index (χ1n) is 10.8. The molecule has 184 valence electrons. The SMILES string of the molecule is C[C@@H]1CN(C(=O)OC(C)(C)C)C[C@H]1C(=O)O.C[C@H]1CN(C(=O)OC(C)(C)C)C[C@@H]1C(=O)O. The van der Waals surface area contributed by atoms with Gasteiger partial charge in [0.05, 0.1) is 11.8 Å². The van der Waals surface area contributed by atoms with Gasteiger partial charge in [-0.05, 0) is 53.4 Å². The van der Waals surface area contributed by atoms with E-state index in [0.29, 0.717) is 13.1 Å². The highest BCUT2D eigenvalue weighted by Gasteiger charge is 2.39. The van der Waals surface area contributed by atoms with E-state index < -0.39 is 47.2 Å². The van der Waals surface area contributed by atoms with E-state index in [1.165, 1.54) is 9.80 Å². The monoisotopic (exact) mass is 458 g/mol. The lowest BCUT2D eigenvalue weighted by Gasteiger charge is -2.24. The minimum Gasteiger partial charge on any atom is -0.481 e. The van der Waals surface area contributed by atoms with Crippen molar-refractivity contribution >= 4 is 24.1 Å². The minimum absolute atomic E-state index is 0.0231. The number of carbonyl (C=O) groups is 4. The van der Waals surface area contributed by atoms with Gasteiger partial charge in [0, 0.05) is 26.2 Å². The molecule has 0 bridgehead atoms. The second-order valence-corrected chi connectivity index (χ2v) is 10.6. The Morgan fingerprint density at radius 3 is 1.12 bits per heavy atom. The number of likely N-dealkylation sites (tertiary alicyclic amines) is 2. The van der Waals surface area contributed by atoms with Crippen LogP contribution in [0.15, 0.2) is 0 Å². The third-order valence-corrected chi connectivity index (χ3v) is 5.16. The molecule has 4 atom stereocenters. The third-order valence-electron chi connectivity index (χ3n) is 5.16. The van der Waals surface area contributed by atoms with Gasteiger partial charge < -0.3 is 29.5 Å². The van der Waals surface area contributed by atoms with E-state index in [-0.39, 0.29) is 24.9 Å². The molecular weight excluding hydrogens is 420 g/mol. The number of carbonyl (C=O) groups excluding carboxylic acids is 2. The number of ether oxygens (including phenoxy) is 2. The molecule has 2 N–H and O–H groups in total. The first-order valence-corrected chi connectivity index (χ1v) is 10.8. The minimum atomic E-state index is -0.849. The Morgan fingerprint density at radius 2 is 0.938 bits per heavy atom. The van der Waals surface area contributed by atoms with Gasteiger partial charge in [-0.25, -0.2) is 9.59 Å². The standard InChI is InChI=1S/2C11H19NO4/c2*1-7-5-12(6-8(7)9(13)14)10(15)16-11(2,3)4/h2*7-8H,5-6H2,1-4H3,(H,13,14)/t2*7-,8-/m10/s1. The van der Waals surface area contributed by atoms with Gasteiger partial charge in [0.15, 0.2) is 0 Å². The first kappa shape index (κ1) is 27.5. The zero-order valence-corrected chi connectivity index (χ0v) is 20.4. The van der Waals surface area contributed by atoms with E-state index in [0.717, 1.165) is 0 Å². The Labute approximate surface area is 189 Å². The maximum absolute atomic E-state index is 11.7. The van der Waals surface area contributed by atoms with Gasteiger partial charge in [0.2, 0.25) is 0 Å². The molecule has 0 spiro atoms. The van der Waals surface area contributed by atoms with Crippen LogP contribution in [0.25, 0.3) is 0 Å². The molecule has 2 aliphatic rings. The summed E-state index contributed by atoms with van der Waals surface area (Å²) in [5.41, 5.74) is -1.08. The van der Waals surface area contributed by atoms with E-state index >= 15 is 0 Å². The second-order valence-electron chi connectivity index (χ2n) is 10.6. The lowest BCUT2D eigenvalue weighted by molar-refractivity contribution is -0.143. The summed E-state index contributed by atoms with van der Waals surface area (Å²) in [4.78, 5) is 48.1. The fourth-order valence-electron chi connectivity index (χ4n) is 3.53. The van der Waals surface area contributed by atoms with Crippen LogP contribution in [0.3, 0.4) is 0 Å². The molecule has 0 aliphatic carbocycles. The number of rotatable bonds is 2. The summed E-state index contributed by atoms with van der Waals surface area (Å²) in [6, 6.07) is 0. The molecule has 0 aromatic carbocycles. The number of aliphatic carboxylic acids is 2. The van der Waals surface area contributed by atoms with E-state index in [4.69, 9.17) is 19.7 Å². The van der Waals surface area contributed by atoms with Gasteiger partial charge in [0.25, 0.3) is 0 Å². The molecule has 2 rings (SSSR count). The van der Waals surface area contributed by atoms with Gasteiger partial charge >= 0.3 is 24.1 Å². The highest BCUT2D eigenvalue weighted by molar-refractivity contribution is 5.75. The fraction of sp³-hybridized carbons (Fsp3) is 0.818. The van der Waals surface area contributed by atoms with E-state index in [1.807, 2.05) is 13.8 Å². The Balaban J connectivity index is 0.000000320. The van der Waals surface area contributed by atoms with Crippen molar-refractivity contribution in [1.82, 2.24) is 9.80 Å². The topological polar surface area (TPSA) is 134 Å². The molecule has 2 saturated heterocycles. The maximum Gasteiger partial charge on any atom is 0.410 e. The summed E-state index contributed by atoms with van der Waals surface area (Å²) in [7, 11) is 0. The number of carboxylic acids is 2. The van der Waals surface area contributed by atoms with Crippen molar-refractivity contribution in [1.29, 1.82) is 0 Å². The largest absolute Gasteiger partial charge is 0.481 e.